The van der Waals surface area contributed by atoms with Gasteiger partial charge in [0.05, 0.1) is 15.9 Å². The number of aromatic nitrogens is 2. The number of likely N-dealkylation sites (N-methyl/N-ethyl adjacent to an activating group) is 1. The Bertz CT molecular complexity index is 410. The SMILES string of the molecule is CCNC(Cc1c(Br)c(C)nn1CC)CC1CCC1. The highest BCUT2D eigenvalue weighted by molar-refractivity contribution is 9.10. The van der Waals surface area contributed by atoms with Gasteiger partial charge in [-0.15, -0.1) is 0 Å². The zero-order chi connectivity index (χ0) is 13.8. The maximum Gasteiger partial charge on any atom is 0.0738 e. The van der Waals surface area contributed by atoms with E-state index in [0.717, 1.165) is 31.1 Å². The van der Waals surface area contributed by atoms with Crippen molar-refractivity contribution in [3.05, 3.63) is 15.9 Å². The summed E-state index contributed by atoms with van der Waals surface area (Å²) in [7, 11) is 0. The molecule has 4 heteroatoms. The maximum absolute atomic E-state index is 4.60. The molecule has 0 saturated heterocycles. The molecule has 1 aromatic rings. The van der Waals surface area contributed by atoms with Gasteiger partial charge in [0.25, 0.3) is 0 Å². The second-order valence-corrected chi connectivity index (χ2v) is 6.45. The summed E-state index contributed by atoms with van der Waals surface area (Å²) in [4.78, 5) is 0. The minimum absolute atomic E-state index is 0.591. The Hall–Kier alpha value is -0.350. The average Bonchev–Trinajstić information content (AvgIpc) is 2.61. The molecular formula is C15H26BrN3. The average molecular weight is 328 g/mol. The third-order valence-electron chi connectivity index (χ3n) is 4.23. The highest BCUT2D eigenvalue weighted by atomic mass is 79.9. The van der Waals surface area contributed by atoms with Crippen LogP contribution in [-0.4, -0.2) is 22.4 Å². The van der Waals surface area contributed by atoms with Gasteiger partial charge in [-0.2, -0.15) is 5.10 Å². The molecule has 1 fully saturated rings. The van der Waals surface area contributed by atoms with Crippen molar-refractivity contribution in [1.82, 2.24) is 15.1 Å². The van der Waals surface area contributed by atoms with Crippen LogP contribution in [0.4, 0.5) is 0 Å². The van der Waals surface area contributed by atoms with Crippen LogP contribution in [0, 0.1) is 12.8 Å². The fourth-order valence-corrected chi connectivity index (χ4v) is 3.40. The molecule has 1 saturated carbocycles. The molecule has 1 aromatic heterocycles. The van der Waals surface area contributed by atoms with Crippen LogP contribution in [-0.2, 0) is 13.0 Å². The van der Waals surface area contributed by atoms with E-state index < -0.39 is 0 Å². The van der Waals surface area contributed by atoms with E-state index in [2.05, 4.69) is 51.8 Å². The molecule has 0 bridgehead atoms. The molecule has 108 valence electrons. The molecule has 0 amide bonds. The van der Waals surface area contributed by atoms with Crippen molar-refractivity contribution in [2.45, 2.75) is 65.5 Å². The predicted octanol–water partition coefficient (Wildman–Crippen LogP) is 3.68. The van der Waals surface area contributed by atoms with Gasteiger partial charge in [-0.3, -0.25) is 4.68 Å². The van der Waals surface area contributed by atoms with E-state index >= 15 is 0 Å². The fraction of sp³-hybridized carbons (Fsp3) is 0.800. The Labute approximate surface area is 125 Å². The molecule has 1 aliphatic rings. The third-order valence-corrected chi connectivity index (χ3v) is 5.26. The van der Waals surface area contributed by atoms with E-state index in [1.807, 2.05) is 0 Å². The normalized spacial score (nSPS) is 17.5. The first kappa shape index (κ1) is 15.0. The lowest BCUT2D eigenvalue weighted by atomic mass is 9.80. The maximum atomic E-state index is 4.60. The first-order valence-electron chi connectivity index (χ1n) is 7.60. The van der Waals surface area contributed by atoms with Crippen LogP contribution in [0.5, 0.6) is 0 Å². The smallest absolute Gasteiger partial charge is 0.0738 e. The Balaban J connectivity index is 2.06. The van der Waals surface area contributed by atoms with E-state index in [1.165, 1.54) is 35.8 Å². The van der Waals surface area contributed by atoms with Gasteiger partial charge >= 0.3 is 0 Å². The summed E-state index contributed by atoms with van der Waals surface area (Å²) < 4.78 is 3.34. The summed E-state index contributed by atoms with van der Waals surface area (Å²) >= 11 is 3.71. The number of hydrogen-bond donors (Lipinski definition) is 1. The Morgan fingerprint density at radius 3 is 2.68 bits per heavy atom. The van der Waals surface area contributed by atoms with Crippen LogP contribution in [0.15, 0.2) is 4.47 Å². The van der Waals surface area contributed by atoms with E-state index in [-0.39, 0.29) is 0 Å². The number of nitrogens with one attached hydrogen (secondary N) is 1. The summed E-state index contributed by atoms with van der Waals surface area (Å²) in [5, 5.41) is 8.25. The van der Waals surface area contributed by atoms with Crippen molar-refractivity contribution < 1.29 is 0 Å². The third kappa shape index (κ3) is 3.60. The van der Waals surface area contributed by atoms with E-state index in [9.17, 15) is 0 Å². The summed E-state index contributed by atoms with van der Waals surface area (Å²) in [6.07, 6.45) is 6.68. The molecule has 1 unspecified atom stereocenters. The summed E-state index contributed by atoms with van der Waals surface area (Å²) in [5.41, 5.74) is 2.46. The van der Waals surface area contributed by atoms with Crippen molar-refractivity contribution in [2.75, 3.05) is 6.54 Å². The lowest BCUT2D eigenvalue weighted by Crippen LogP contribution is -2.35. The zero-order valence-corrected chi connectivity index (χ0v) is 14.0. The second kappa shape index (κ2) is 6.89. The standard InChI is InChI=1S/C15H26BrN3/c1-4-17-13(9-12-7-6-8-12)10-14-15(16)11(3)18-19(14)5-2/h12-13,17H,4-10H2,1-3H3. The molecule has 19 heavy (non-hydrogen) atoms. The predicted molar refractivity (Wildman–Crippen MR) is 83.5 cm³/mol. The van der Waals surface area contributed by atoms with Crippen LogP contribution in [0.25, 0.3) is 0 Å². The lowest BCUT2D eigenvalue weighted by molar-refractivity contribution is 0.258. The van der Waals surface area contributed by atoms with Gasteiger partial charge in [-0.25, -0.2) is 0 Å². The van der Waals surface area contributed by atoms with Gasteiger partial charge in [0.15, 0.2) is 0 Å². The van der Waals surface area contributed by atoms with Gasteiger partial charge in [-0.1, -0.05) is 26.2 Å². The molecule has 0 radical (unpaired) electrons. The minimum Gasteiger partial charge on any atom is -0.314 e. The van der Waals surface area contributed by atoms with Crippen molar-refractivity contribution in [2.24, 2.45) is 5.92 Å². The van der Waals surface area contributed by atoms with Gasteiger partial charge < -0.3 is 5.32 Å². The minimum atomic E-state index is 0.591. The Morgan fingerprint density at radius 1 is 1.42 bits per heavy atom. The van der Waals surface area contributed by atoms with Gasteiger partial charge in [0, 0.05) is 19.0 Å². The molecule has 1 heterocycles. The molecule has 0 aliphatic heterocycles. The number of halogens is 1. The summed E-state index contributed by atoms with van der Waals surface area (Å²) in [5.74, 6) is 0.946. The first-order valence-corrected chi connectivity index (χ1v) is 8.40. The van der Waals surface area contributed by atoms with Gasteiger partial charge in [-0.05, 0) is 48.7 Å². The van der Waals surface area contributed by atoms with Gasteiger partial charge in [0.2, 0.25) is 0 Å². The Kier molecular flexibility index (Phi) is 5.46. The Morgan fingerprint density at radius 2 is 2.16 bits per heavy atom. The molecule has 2 rings (SSSR count). The zero-order valence-electron chi connectivity index (χ0n) is 12.4. The van der Waals surface area contributed by atoms with Crippen LogP contribution < -0.4 is 5.32 Å². The monoisotopic (exact) mass is 327 g/mol. The van der Waals surface area contributed by atoms with Crippen LogP contribution in [0.1, 0.15) is 50.9 Å². The lowest BCUT2D eigenvalue weighted by Gasteiger charge is -2.30. The summed E-state index contributed by atoms with van der Waals surface area (Å²) in [6.45, 7) is 8.44. The van der Waals surface area contributed by atoms with Crippen molar-refractivity contribution in [3.63, 3.8) is 0 Å². The van der Waals surface area contributed by atoms with Crippen molar-refractivity contribution in [1.29, 1.82) is 0 Å². The van der Waals surface area contributed by atoms with E-state index in [0.29, 0.717) is 6.04 Å². The number of aryl methyl sites for hydroxylation is 2. The van der Waals surface area contributed by atoms with Gasteiger partial charge in [0.1, 0.15) is 0 Å². The van der Waals surface area contributed by atoms with Crippen molar-refractivity contribution >= 4 is 15.9 Å². The molecule has 1 aliphatic carbocycles. The first-order chi connectivity index (χ1) is 9.15. The highest BCUT2D eigenvalue weighted by Gasteiger charge is 2.24. The fourth-order valence-electron chi connectivity index (χ4n) is 2.96. The molecule has 1 atom stereocenters. The topological polar surface area (TPSA) is 29.9 Å². The molecule has 1 N–H and O–H groups in total. The van der Waals surface area contributed by atoms with E-state index in [4.69, 9.17) is 0 Å². The van der Waals surface area contributed by atoms with E-state index in [1.54, 1.807) is 0 Å². The molecule has 3 nitrogen and oxygen atoms in total. The highest BCUT2D eigenvalue weighted by Crippen LogP contribution is 2.32. The quantitative estimate of drug-likeness (QED) is 0.827. The van der Waals surface area contributed by atoms with Crippen LogP contribution in [0.3, 0.4) is 0 Å². The van der Waals surface area contributed by atoms with Crippen molar-refractivity contribution in [3.8, 4) is 0 Å². The largest absolute Gasteiger partial charge is 0.314 e. The molecule has 0 spiro atoms. The second-order valence-electron chi connectivity index (χ2n) is 5.65. The molecule has 0 aromatic carbocycles. The summed E-state index contributed by atoms with van der Waals surface area (Å²) in [6, 6.07) is 0.591. The number of hydrogen-bond acceptors (Lipinski definition) is 2. The number of rotatable bonds is 7. The van der Waals surface area contributed by atoms with Crippen LogP contribution in [0.2, 0.25) is 0 Å². The molecular weight excluding hydrogens is 302 g/mol. The van der Waals surface area contributed by atoms with Crippen LogP contribution >= 0.6 is 15.9 Å². The number of nitrogens with zero attached hydrogens (tertiary/aromatic N) is 2.